The Bertz CT molecular complexity index is 592. The third-order valence-electron chi connectivity index (χ3n) is 2.53. The lowest BCUT2D eigenvalue weighted by Gasteiger charge is -2.17. The monoisotopic (exact) mass is 328 g/mol. The number of allylic oxidation sites excluding steroid dienone is 1. The van der Waals surface area contributed by atoms with Gasteiger partial charge in [-0.05, 0) is 12.5 Å². The Morgan fingerprint density at radius 1 is 1.23 bits per heavy atom. The maximum absolute atomic E-state index is 12.9. The molecule has 0 fully saturated rings. The van der Waals surface area contributed by atoms with Gasteiger partial charge < -0.3 is 10.4 Å². The highest BCUT2D eigenvalue weighted by Crippen LogP contribution is 2.33. The number of aliphatic carboxylic acids is 1. The lowest BCUT2D eigenvalue weighted by Crippen LogP contribution is -2.24. The summed E-state index contributed by atoms with van der Waals surface area (Å²) in [5, 5.41) is 10.5. The zero-order chi connectivity index (χ0) is 17.1. The molecule has 1 aromatic rings. The first kappa shape index (κ1) is 17.8. The molecule has 1 heterocycles. The normalized spacial score (nSPS) is 13.6. The van der Waals surface area contributed by atoms with Crippen molar-refractivity contribution in [3.63, 3.8) is 0 Å². The first-order valence-corrected chi connectivity index (χ1v) is 5.79. The van der Waals surface area contributed by atoms with Gasteiger partial charge in [0.25, 0.3) is 0 Å². The summed E-state index contributed by atoms with van der Waals surface area (Å²) in [7, 11) is 0. The van der Waals surface area contributed by atoms with Crippen molar-refractivity contribution < 1.29 is 36.2 Å². The minimum atomic E-state index is -5.07. The fourth-order valence-corrected chi connectivity index (χ4v) is 1.56. The van der Waals surface area contributed by atoms with Crippen LogP contribution in [-0.2, 0) is 11.0 Å². The maximum Gasteiger partial charge on any atom is 0.431 e. The number of nitrogens with zero attached hydrogens (tertiary/aromatic N) is 1. The van der Waals surface area contributed by atoms with E-state index in [2.05, 4.69) is 4.98 Å². The van der Waals surface area contributed by atoms with E-state index in [1.54, 1.807) is 5.32 Å². The molecular formula is C12H10F6N2O2. The SMILES string of the molecule is CCC(C(=O)O)=C(Nc1cncc(C(F)(F)F)c1)C(F)(F)F. The predicted octanol–water partition coefficient (Wildman–Crippen LogP) is 3.82. The Morgan fingerprint density at radius 3 is 2.23 bits per heavy atom. The van der Waals surface area contributed by atoms with Gasteiger partial charge in [-0.25, -0.2) is 4.79 Å². The van der Waals surface area contributed by atoms with Crippen LogP contribution in [0.15, 0.2) is 29.7 Å². The Balaban J connectivity index is 3.31. The van der Waals surface area contributed by atoms with Crippen LogP contribution < -0.4 is 5.32 Å². The number of rotatable bonds is 4. The third-order valence-corrected chi connectivity index (χ3v) is 2.53. The molecule has 1 rings (SSSR count). The average Bonchev–Trinajstić information content (AvgIpc) is 2.36. The number of halogens is 6. The van der Waals surface area contributed by atoms with Gasteiger partial charge in [0.1, 0.15) is 5.70 Å². The molecule has 0 saturated carbocycles. The van der Waals surface area contributed by atoms with E-state index in [1.165, 1.54) is 6.92 Å². The zero-order valence-corrected chi connectivity index (χ0v) is 11.0. The lowest BCUT2D eigenvalue weighted by molar-refractivity contribution is -0.138. The number of carboxylic acids is 1. The van der Waals surface area contributed by atoms with E-state index in [-0.39, 0.29) is 0 Å². The van der Waals surface area contributed by atoms with Gasteiger partial charge in [0.2, 0.25) is 0 Å². The summed E-state index contributed by atoms with van der Waals surface area (Å²) in [5.41, 5.74) is -4.50. The number of carboxylic acid groups (broad SMARTS) is 1. The minimum Gasteiger partial charge on any atom is -0.478 e. The quantitative estimate of drug-likeness (QED) is 0.651. The Labute approximate surface area is 120 Å². The van der Waals surface area contributed by atoms with E-state index in [4.69, 9.17) is 5.11 Å². The van der Waals surface area contributed by atoms with Gasteiger partial charge in [0, 0.05) is 6.20 Å². The van der Waals surface area contributed by atoms with Crippen molar-refractivity contribution in [3.8, 4) is 0 Å². The number of carbonyl (C=O) groups is 1. The maximum atomic E-state index is 12.9. The number of anilines is 1. The fraction of sp³-hybridized carbons (Fsp3) is 0.333. The second-order valence-corrected chi connectivity index (χ2v) is 4.10. The van der Waals surface area contributed by atoms with Crippen LogP contribution in [0, 0.1) is 0 Å². The highest BCUT2D eigenvalue weighted by atomic mass is 19.4. The van der Waals surface area contributed by atoms with Crippen LogP contribution in [0.3, 0.4) is 0 Å². The van der Waals surface area contributed by atoms with E-state index in [0.29, 0.717) is 12.3 Å². The van der Waals surface area contributed by atoms with Crippen molar-refractivity contribution in [2.45, 2.75) is 25.7 Å². The number of pyridine rings is 1. The van der Waals surface area contributed by atoms with Crippen LogP contribution >= 0.6 is 0 Å². The van der Waals surface area contributed by atoms with E-state index >= 15 is 0 Å². The van der Waals surface area contributed by atoms with Gasteiger partial charge in [-0.1, -0.05) is 6.92 Å². The number of hydrogen-bond acceptors (Lipinski definition) is 3. The van der Waals surface area contributed by atoms with Crippen LogP contribution in [0.25, 0.3) is 0 Å². The average molecular weight is 328 g/mol. The summed E-state index contributed by atoms with van der Waals surface area (Å²) in [4.78, 5) is 14.0. The van der Waals surface area contributed by atoms with Gasteiger partial charge in [-0.2, -0.15) is 26.3 Å². The van der Waals surface area contributed by atoms with E-state index in [1.807, 2.05) is 0 Å². The summed E-state index contributed by atoms with van der Waals surface area (Å²) >= 11 is 0. The minimum absolute atomic E-state index is 0.411. The summed E-state index contributed by atoms with van der Waals surface area (Å²) in [5.74, 6) is -1.82. The van der Waals surface area contributed by atoms with Crippen LogP contribution in [0.4, 0.5) is 32.0 Å². The van der Waals surface area contributed by atoms with Crippen molar-refractivity contribution in [1.29, 1.82) is 0 Å². The van der Waals surface area contributed by atoms with Crippen molar-refractivity contribution >= 4 is 11.7 Å². The van der Waals surface area contributed by atoms with Crippen LogP contribution in [0.2, 0.25) is 0 Å². The van der Waals surface area contributed by atoms with Gasteiger partial charge in [-0.15, -0.1) is 0 Å². The molecule has 2 N–H and O–H groups in total. The topological polar surface area (TPSA) is 62.2 Å². The zero-order valence-electron chi connectivity index (χ0n) is 11.0. The Hall–Kier alpha value is -2.26. The molecule has 0 saturated heterocycles. The fourth-order valence-electron chi connectivity index (χ4n) is 1.56. The van der Waals surface area contributed by atoms with E-state index in [0.717, 1.165) is 6.20 Å². The molecule has 0 unspecified atom stereocenters. The molecule has 4 nitrogen and oxygen atoms in total. The second kappa shape index (κ2) is 6.24. The van der Waals surface area contributed by atoms with Crippen molar-refractivity contribution in [2.75, 3.05) is 5.32 Å². The van der Waals surface area contributed by atoms with Gasteiger partial charge in [0.15, 0.2) is 0 Å². The molecule has 0 aliphatic heterocycles. The van der Waals surface area contributed by atoms with Gasteiger partial charge in [0.05, 0.1) is 23.0 Å². The molecule has 122 valence electrons. The predicted molar refractivity (Wildman–Crippen MR) is 63.9 cm³/mol. The van der Waals surface area contributed by atoms with Crippen molar-refractivity contribution in [2.24, 2.45) is 0 Å². The van der Waals surface area contributed by atoms with Gasteiger partial charge in [-0.3, -0.25) is 4.98 Å². The number of aromatic nitrogens is 1. The molecule has 10 heteroatoms. The number of nitrogens with one attached hydrogen (secondary N) is 1. The van der Waals surface area contributed by atoms with Crippen molar-refractivity contribution in [3.05, 3.63) is 35.3 Å². The molecule has 0 atom stereocenters. The lowest BCUT2D eigenvalue weighted by atomic mass is 10.1. The first-order chi connectivity index (χ1) is 9.96. The van der Waals surface area contributed by atoms with E-state index in [9.17, 15) is 31.1 Å². The Morgan fingerprint density at radius 2 is 1.82 bits per heavy atom. The smallest absolute Gasteiger partial charge is 0.431 e. The Kier molecular flexibility index (Phi) is 5.05. The third kappa shape index (κ3) is 4.37. The second-order valence-electron chi connectivity index (χ2n) is 4.10. The van der Waals surface area contributed by atoms with Crippen LogP contribution in [-0.4, -0.2) is 22.2 Å². The van der Waals surface area contributed by atoms with E-state index < -0.39 is 47.3 Å². The number of alkyl halides is 6. The molecule has 0 spiro atoms. The summed E-state index contributed by atoms with van der Waals surface area (Å²) in [6.45, 7) is 1.18. The molecule has 22 heavy (non-hydrogen) atoms. The largest absolute Gasteiger partial charge is 0.478 e. The summed E-state index contributed by atoms with van der Waals surface area (Å²) in [6.07, 6.45) is -9.15. The molecule has 0 aromatic carbocycles. The highest BCUT2D eigenvalue weighted by Gasteiger charge is 2.38. The highest BCUT2D eigenvalue weighted by molar-refractivity contribution is 5.88. The standard InChI is InChI=1S/C12H10F6N2O2/c1-2-8(10(21)22)9(12(16,17)18)20-7-3-6(4-19-5-7)11(13,14)15/h3-5,20H,2H2,1H3,(H,21,22). The number of hydrogen-bond donors (Lipinski definition) is 2. The molecule has 0 radical (unpaired) electrons. The first-order valence-electron chi connectivity index (χ1n) is 5.79. The molecule has 0 amide bonds. The van der Waals surface area contributed by atoms with Crippen LogP contribution in [0.1, 0.15) is 18.9 Å². The summed E-state index contributed by atoms with van der Waals surface area (Å²) < 4.78 is 76.2. The molecule has 0 bridgehead atoms. The van der Waals surface area contributed by atoms with Crippen LogP contribution in [0.5, 0.6) is 0 Å². The molecule has 0 aliphatic rings. The van der Waals surface area contributed by atoms with Crippen molar-refractivity contribution in [1.82, 2.24) is 4.98 Å². The van der Waals surface area contributed by atoms with Gasteiger partial charge >= 0.3 is 18.3 Å². The summed E-state index contributed by atoms with van der Waals surface area (Å²) in [6, 6.07) is 0.411. The molecular weight excluding hydrogens is 318 g/mol. The molecule has 1 aromatic heterocycles. The molecule has 0 aliphatic carbocycles.